The van der Waals surface area contributed by atoms with Crippen molar-refractivity contribution in [1.29, 1.82) is 0 Å². The van der Waals surface area contributed by atoms with E-state index in [1.54, 1.807) is 6.20 Å². The van der Waals surface area contributed by atoms with Gasteiger partial charge in [-0.2, -0.15) is 4.98 Å². The van der Waals surface area contributed by atoms with Crippen molar-refractivity contribution in [2.45, 2.75) is 45.6 Å². The average molecular weight is 316 g/mol. The van der Waals surface area contributed by atoms with E-state index >= 15 is 0 Å². The maximum absolute atomic E-state index is 5.90. The third-order valence-electron chi connectivity index (χ3n) is 4.36. The lowest BCUT2D eigenvalue weighted by molar-refractivity contribution is -0.0443. The number of pyridine rings is 1. The minimum atomic E-state index is -0.120. The number of anilines is 1. The van der Waals surface area contributed by atoms with Gasteiger partial charge >= 0.3 is 0 Å². The molecule has 0 amide bonds. The first-order valence-corrected chi connectivity index (χ1v) is 8.20. The maximum atomic E-state index is 5.90. The molecule has 0 N–H and O–H groups in total. The van der Waals surface area contributed by atoms with Crippen molar-refractivity contribution >= 4 is 5.82 Å². The number of hydrogen-bond donors (Lipinski definition) is 0. The Labute approximate surface area is 136 Å². The van der Waals surface area contributed by atoms with E-state index in [2.05, 4.69) is 33.9 Å². The Hall–Kier alpha value is -1.95. The summed E-state index contributed by atoms with van der Waals surface area (Å²) in [6.07, 6.45) is 2.77. The van der Waals surface area contributed by atoms with Crippen molar-refractivity contribution < 1.29 is 9.26 Å². The van der Waals surface area contributed by atoms with E-state index in [0.717, 1.165) is 36.7 Å². The molecule has 2 aromatic heterocycles. The highest BCUT2D eigenvalue weighted by atomic mass is 16.5. The number of morpholine rings is 1. The highest BCUT2D eigenvalue weighted by Crippen LogP contribution is 2.27. The Kier molecular flexibility index (Phi) is 4.35. The molecule has 0 radical (unpaired) electrons. The van der Waals surface area contributed by atoms with Crippen LogP contribution in [0.5, 0.6) is 0 Å². The van der Waals surface area contributed by atoms with E-state index in [4.69, 9.17) is 9.26 Å². The zero-order chi connectivity index (χ0) is 16.4. The lowest BCUT2D eigenvalue weighted by Gasteiger charge is -2.40. The van der Waals surface area contributed by atoms with Crippen LogP contribution in [0.4, 0.5) is 5.82 Å². The second kappa shape index (κ2) is 6.28. The Morgan fingerprint density at radius 2 is 2.22 bits per heavy atom. The first-order chi connectivity index (χ1) is 11.0. The zero-order valence-electron chi connectivity index (χ0n) is 14.2. The zero-order valence-corrected chi connectivity index (χ0v) is 14.2. The molecular formula is C17H24N4O2. The van der Waals surface area contributed by atoms with Crippen LogP contribution in [0.2, 0.25) is 0 Å². The van der Waals surface area contributed by atoms with Crippen LogP contribution >= 0.6 is 0 Å². The normalized spacial score (nSPS) is 21.9. The predicted molar refractivity (Wildman–Crippen MR) is 88.5 cm³/mol. The summed E-state index contributed by atoms with van der Waals surface area (Å²) in [5, 5.41) is 4.03. The van der Waals surface area contributed by atoms with Crippen molar-refractivity contribution in [2.75, 3.05) is 24.6 Å². The number of rotatable bonds is 4. The predicted octanol–water partition coefficient (Wildman–Crippen LogP) is 3.26. The molecule has 3 heterocycles. The molecule has 0 bridgehead atoms. The van der Waals surface area contributed by atoms with Crippen molar-refractivity contribution in [1.82, 2.24) is 15.1 Å². The molecule has 1 aliphatic rings. The average Bonchev–Trinajstić information content (AvgIpc) is 3.05. The van der Waals surface area contributed by atoms with Crippen molar-refractivity contribution in [3.8, 4) is 11.5 Å². The molecule has 0 aliphatic carbocycles. The number of ether oxygens (including phenoxy) is 1. The highest BCUT2D eigenvalue weighted by molar-refractivity contribution is 5.58. The van der Waals surface area contributed by atoms with Crippen LogP contribution in [0.3, 0.4) is 0 Å². The molecular weight excluding hydrogens is 292 g/mol. The van der Waals surface area contributed by atoms with Gasteiger partial charge in [-0.1, -0.05) is 25.9 Å². The Morgan fingerprint density at radius 1 is 1.39 bits per heavy atom. The van der Waals surface area contributed by atoms with E-state index in [-0.39, 0.29) is 11.5 Å². The molecule has 1 aliphatic heterocycles. The third-order valence-corrected chi connectivity index (χ3v) is 4.36. The quantitative estimate of drug-likeness (QED) is 0.862. The number of hydrogen-bond acceptors (Lipinski definition) is 6. The highest BCUT2D eigenvalue weighted by Gasteiger charge is 2.31. The molecule has 0 spiro atoms. The SMILES string of the molecule is CCC1(C)CN(c2cc(-c3nc(C(C)C)no3)ccn2)CCO1. The third kappa shape index (κ3) is 3.37. The molecule has 23 heavy (non-hydrogen) atoms. The molecule has 2 aromatic rings. The summed E-state index contributed by atoms with van der Waals surface area (Å²) in [7, 11) is 0. The molecule has 1 unspecified atom stereocenters. The summed E-state index contributed by atoms with van der Waals surface area (Å²) < 4.78 is 11.3. The minimum Gasteiger partial charge on any atom is -0.372 e. The fraction of sp³-hybridized carbons (Fsp3) is 0.588. The monoisotopic (exact) mass is 316 g/mol. The molecule has 124 valence electrons. The molecule has 1 saturated heterocycles. The van der Waals surface area contributed by atoms with Gasteiger partial charge < -0.3 is 14.2 Å². The van der Waals surface area contributed by atoms with Crippen LogP contribution in [-0.4, -0.2) is 40.4 Å². The van der Waals surface area contributed by atoms with Gasteiger partial charge in [0.1, 0.15) is 5.82 Å². The molecule has 0 aromatic carbocycles. The van der Waals surface area contributed by atoms with Gasteiger partial charge in [-0.05, 0) is 25.5 Å². The van der Waals surface area contributed by atoms with Gasteiger partial charge in [0.25, 0.3) is 5.89 Å². The van der Waals surface area contributed by atoms with Gasteiger partial charge in [0.05, 0.1) is 12.2 Å². The summed E-state index contributed by atoms with van der Waals surface area (Å²) in [5.74, 6) is 2.44. The van der Waals surface area contributed by atoms with Crippen LogP contribution in [0.1, 0.15) is 45.9 Å². The van der Waals surface area contributed by atoms with Crippen LogP contribution < -0.4 is 4.90 Å². The molecule has 6 heteroatoms. The first-order valence-electron chi connectivity index (χ1n) is 8.20. The van der Waals surface area contributed by atoms with E-state index in [1.165, 1.54) is 0 Å². The Balaban J connectivity index is 1.84. The molecule has 6 nitrogen and oxygen atoms in total. The smallest absolute Gasteiger partial charge is 0.258 e. The first kappa shape index (κ1) is 15.9. The maximum Gasteiger partial charge on any atom is 0.258 e. The standard InChI is InChI=1S/C17H24N4O2/c1-5-17(4)11-21(8-9-22-17)14-10-13(6-7-18-14)16-19-15(12(2)3)20-23-16/h6-7,10,12H,5,8-9,11H2,1-4H3. The van der Waals surface area contributed by atoms with Crippen LogP contribution in [0.25, 0.3) is 11.5 Å². The van der Waals surface area contributed by atoms with Gasteiger partial charge in [0.15, 0.2) is 5.82 Å². The van der Waals surface area contributed by atoms with Gasteiger partial charge in [-0.15, -0.1) is 0 Å². The van der Waals surface area contributed by atoms with Crippen molar-refractivity contribution in [2.24, 2.45) is 0 Å². The Bertz CT molecular complexity index is 670. The van der Waals surface area contributed by atoms with E-state index < -0.39 is 0 Å². The minimum absolute atomic E-state index is 0.120. The van der Waals surface area contributed by atoms with Gasteiger partial charge in [-0.25, -0.2) is 4.98 Å². The topological polar surface area (TPSA) is 64.3 Å². The second-order valence-electron chi connectivity index (χ2n) is 6.59. The van der Waals surface area contributed by atoms with Crippen LogP contribution in [0.15, 0.2) is 22.9 Å². The lowest BCUT2D eigenvalue weighted by Crippen LogP contribution is -2.50. The largest absolute Gasteiger partial charge is 0.372 e. The fourth-order valence-electron chi connectivity index (χ4n) is 2.65. The fourth-order valence-corrected chi connectivity index (χ4v) is 2.65. The summed E-state index contributed by atoms with van der Waals surface area (Å²) >= 11 is 0. The van der Waals surface area contributed by atoms with E-state index in [9.17, 15) is 0 Å². The molecule has 3 rings (SSSR count). The van der Waals surface area contributed by atoms with Gasteiger partial charge in [0.2, 0.25) is 0 Å². The second-order valence-corrected chi connectivity index (χ2v) is 6.59. The van der Waals surface area contributed by atoms with Crippen molar-refractivity contribution in [3.05, 3.63) is 24.2 Å². The van der Waals surface area contributed by atoms with Crippen molar-refractivity contribution in [3.63, 3.8) is 0 Å². The summed E-state index contributed by atoms with van der Waals surface area (Å²) in [6.45, 7) is 10.8. The molecule has 1 fully saturated rings. The Morgan fingerprint density at radius 3 is 2.91 bits per heavy atom. The van der Waals surface area contributed by atoms with Crippen LogP contribution in [-0.2, 0) is 4.74 Å². The number of nitrogens with zero attached hydrogens (tertiary/aromatic N) is 4. The molecule has 0 saturated carbocycles. The van der Waals surface area contributed by atoms with Gasteiger partial charge in [-0.3, -0.25) is 0 Å². The van der Waals surface area contributed by atoms with E-state index in [0.29, 0.717) is 12.5 Å². The summed E-state index contributed by atoms with van der Waals surface area (Å²) in [6, 6.07) is 3.92. The molecule has 1 atom stereocenters. The summed E-state index contributed by atoms with van der Waals surface area (Å²) in [5.41, 5.74) is 0.782. The lowest BCUT2D eigenvalue weighted by atomic mass is 10.0. The number of aromatic nitrogens is 3. The summed E-state index contributed by atoms with van der Waals surface area (Å²) in [4.78, 5) is 11.2. The van der Waals surface area contributed by atoms with E-state index in [1.807, 2.05) is 26.0 Å². The van der Waals surface area contributed by atoms with Crippen LogP contribution in [0, 0.1) is 0 Å². The van der Waals surface area contributed by atoms with Gasteiger partial charge in [0, 0.05) is 30.8 Å².